The normalized spacial score (nSPS) is 9.93. The van der Waals surface area contributed by atoms with Crippen molar-refractivity contribution in [2.24, 2.45) is 0 Å². The van der Waals surface area contributed by atoms with Crippen LogP contribution in [0.1, 0.15) is 5.56 Å². The second-order valence-electron chi connectivity index (χ2n) is 3.53. The Kier molecular flexibility index (Phi) is 2.59. The highest BCUT2D eigenvalue weighted by Crippen LogP contribution is 2.24. The highest BCUT2D eigenvalue weighted by atomic mass is 14.9. The lowest BCUT2D eigenvalue weighted by molar-refractivity contribution is 1.43. The van der Waals surface area contributed by atoms with Crippen LogP contribution in [0.3, 0.4) is 0 Å². The van der Waals surface area contributed by atoms with E-state index < -0.39 is 0 Å². The lowest BCUT2D eigenvalue weighted by Gasteiger charge is -2.10. The number of nitrogens with two attached hydrogens (primary N) is 1. The molecule has 76 valence electrons. The van der Waals surface area contributed by atoms with Gasteiger partial charge in [0.15, 0.2) is 0 Å². The SMILES string of the molecule is Cc1ccccc1Nc1ccccc1N. The topological polar surface area (TPSA) is 38.0 Å². The summed E-state index contributed by atoms with van der Waals surface area (Å²) in [7, 11) is 0. The minimum atomic E-state index is 0.765. The Hall–Kier alpha value is -1.96. The summed E-state index contributed by atoms with van der Waals surface area (Å²) in [5, 5.41) is 3.32. The standard InChI is InChI=1S/C13H14N2/c1-10-6-2-4-8-12(10)15-13-9-5-3-7-11(13)14/h2-9,15H,14H2,1H3. The molecule has 0 saturated heterocycles. The van der Waals surface area contributed by atoms with E-state index in [1.54, 1.807) is 0 Å². The van der Waals surface area contributed by atoms with Crippen molar-refractivity contribution in [2.75, 3.05) is 11.1 Å². The molecule has 2 aromatic carbocycles. The molecule has 15 heavy (non-hydrogen) atoms. The first-order valence-electron chi connectivity index (χ1n) is 4.94. The summed E-state index contributed by atoms with van der Waals surface area (Å²) in [6, 6.07) is 15.9. The molecule has 2 rings (SSSR count). The number of para-hydroxylation sites is 3. The van der Waals surface area contributed by atoms with Gasteiger partial charge in [-0.2, -0.15) is 0 Å². The third-order valence-electron chi connectivity index (χ3n) is 2.38. The number of benzene rings is 2. The zero-order valence-corrected chi connectivity index (χ0v) is 8.70. The maximum Gasteiger partial charge on any atom is 0.0617 e. The van der Waals surface area contributed by atoms with Gasteiger partial charge in [-0.15, -0.1) is 0 Å². The Morgan fingerprint density at radius 1 is 0.867 bits per heavy atom. The van der Waals surface area contributed by atoms with Gasteiger partial charge in [-0.3, -0.25) is 0 Å². The van der Waals surface area contributed by atoms with Crippen molar-refractivity contribution in [3.05, 3.63) is 54.1 Å². The third kappa shape index (κ3) is 2.10. The van der Waals surface area contributed by atoms with Gasteiger partial charge in [-0.25, -0.2) is 0 Å². The second-order valence-corrected chi connectivity index (χ2v) is 3.53. The van der Waals surface area contributed by atoms with Crippen molar-refractivity contribution in [1.29, 1.82) is 0 Å². The molecule has 0 aliphatic heterocycles. The van der Waals surface area contributed by atoms with E-state index in [-0.39, 0.29) is 0 Å². The predicted molar refractivity (Wildman–Crippen MR) is 65.3 cm³/mol. The van der Waals surface area contributed by atoms with Gasteiger partial charge in [-0.05, 0) is 30.7 Å². The van der Waals surface area contributed by atoms with Crippen LogP contribution in [0, 0.1) is 6.92 Å². The maximum atomic E-state index is 5.86. The van der Waals surface area contributed by atoms with Gasteiger partial charge in [0.2, 0.25) is 0 Å². The first kappa shape index (κ1) is 9.59. The second kappa shape index (κ2) is 4.05. The number of nitrogen functional groups attached to an aromatic ring is 1. The van der Waals surface area contributed by atoms with Gasteiger partial charge in [0.25, 0.3) is 0 Å². The van der Waals surface area contributed by atoms with Crippen LogP contribution < -0.4 is 11.1 Å². The Morgan fingerprint density at radius 3 is 2.13 bits per heavy atom. The minimum Gasteiger partial charge on any atom is -0.397 e. The molecule has 0 saturated carbocycles. The van der Waals surface area contributed by atoms with Crippen molar-refractivity contribution in [3.8, 4) is 0 Å². The number of anilines is 3. The fraction of sp³-hybridized carbons (Fsp3) is 0.0769. The van der Waals surface area contributed by atoms with Crippen molar-refractivity contribution in [1.82, 2.24) is 0 Å². The quantitative estimate of drug-likeness (QED) is 0.726. The Morgan fingerprint density at radius 2 is 1.47 bits per heavy atom. The average molecular weight is 198 g/mol. The van der Waals surface area contributed by atoms with Crippen molar-refractivity contribution in [2.45, 2.75) is 6.92 Å². The molecule has 0 radical (unpaired) electrons. The molecule has 0 spiro atoms. The summed E-state index contributed by atoms with van der Waals surface area (Å²) in [6.45, 7) is 2.07. The third-order valence-corrected chi connectivity index (χ3v) is 2.38. The number of nitrogens with one attached hydrogen (secondary N) is 1. The summed E-state index contributed by atoms with van der Waals surface area (Å²) in [5.74, 6) is 0. The van der Waals surface area contributed by atoms with Gasteiger partial charge in [-0.1, -0.05) is 30.3 Å². The summed E-state index contributed by atoms with van der Waals surface area (Å²) in [5.41, 5.74) is 9.87. The van der Waals surface area contributed by atoms with E-state index in [1.807, 2.05) is 42.5 Å². The molecule has 0 heterocycles. The fourth-order valence-electron chi connectivity index (χ4n) is 1.47. The van der Waals surface area contributed by atoms with Crippen LogP contribution in [0.25, 0.3) is 0 Å². The molecule has 0 unspecified atom stereocenters. The van der Waals surface area contributed by atoms with Crippen LogP contribution in [-0.2, 0) is 0 Å². The van der Waals surface area contributed by atoms with E-state index in [2.05, 4.69) is 18.3 Å². The van der Waals surface area contributed by atoms with Crippen LogP contribution >= 0.6 is 0 Å². The maximum absolute atomic E-state index is 5.86. The van der Waals surface area contributed by atoms with E-state index in [0.717, 1.165) is 17.1 Å². The summed E-state index contributed by atoms with van der Waals surface area (Å²) < 4.78 is 0. The molecule has 0 fully saturated rings. The molecule has 2 nitrogen and oxygen atoms in total. The molecule has 0 atom stereocenters. The zero-order valence-electron chi connectivity index (χ0n) is 8.70. The first-order chi connectivity index (χ1) is 7.27. The molecular weight excluding hydrogens is 184 g/mol. The molecule has 0 bridgehead atoms. The van der Waals surface area contributed by atoms with Crippen LogP contribution in [0.4, 0.5) is 17.1 Å². The van der Waals surface area contributed by atoms with Crippen molar-refractivity contribution >= 4 is 17.1 Å². The summed E-state index contributed by atoms with van der Waals surface area (Å²) in [6.07, 6.45) is 0. The van der Waals surface area contributed by atoms with Crippen molar-refractivity contribution in [3.63, 3.8) is 0 Å². The Bertz CT molecular complexity index is 420. The number of hydrogen-bond donors (Lipinski definition) is 2. The molecule has 2 aromatic rings. The number of aryl methyl sites for hydroxylation is 1. The van der Waals surface area contributed by atoms with Gasteiger partial charge in [0, 0.05) is 5.69 Å². The lowest BCUT2D eigenvalue weighted by Crippen LogP contribution is -1.96. The highest BCUT2D eigenvalue weighted by Gasteiger charge is 1.99. The van der Waals surface area contributed by atoms with E-state index in [4.69, 9.17) is 5.73 Å². The molecule has 0 amide bonds. The fourth-order valence-corrected chi connectivity index (χ4v) is 1.47. The van der Waals surface area contributed by atoms with Crippen LogP contribution in [0.15, 0.2) is 48.5 Å². The van der Waals surface area contributed by atoms with E-state index >= 15 is 0 Å². The predicted octanol–water partition coefficient (Wildman–Crippen LogP) is 3.32. The number of hydrogen-bond acceptors (Lipinski definition) is 2. The summed E-state index contributed by atoms with van der Waals surface area (Å²) in [4.78, 5) is 0. The van der Waals surface area contributed by atoms with Crippen LogP contribution in [0.2, 0.25) is 0 Å². The molecular formula is C13H14N2. The van der Waals surface area contributed by atoms with Crippen LogP contribution in [-0.4, -0.2) is 0 Å². The average Bonchev–Trinajstić information content (AvgIpc) is 2.24. The molecule has 0 aromatic heterocycles. The van der Waals surface area contributed by atoms with E-state index in [0.29, 0.717) is 0 Å². The number of rotatable bonds is 2. The summed E-state index contributed by atoms with van der Waals surface area (Å²) >= 11 is 0. The zero-order chi connectivity index (χ0) is 10.7. The molecule has 0 aliphatic carbocycles. The van der Waals surface area contributed by atoms with Gasteiger partial charge < -0.3 is 11.1 Å². The van der Waals surface area contributed by atoms with E-state index in [9.17, 15) is 0 Å². The largest absolute Gasteiger partial charge is 0.397 e. The Labute approximate surface area is 89.7 Å². The van der Waals surface area contributed by atoms with Crippen molar-refractivity contribution < 1.29 is 0 Å². The highest BCUT2D eigenvalue weighted by molar-refractivity contribution is 5.73. The van der Waals surface area contributed by atoms with E-state index in [1.165, 1.54) is 5.56 Å². The Balaban J connectivity index is 2.30. The first-order valence-corrected chi connectivity index (χ1v) is 4.94. The smallest absolute Gasteiger partial charge is 0.0617 e. The lowest BCUT2D eigenvalue weighted by atomic mass is 10.2. The molecule has 0 aliphatic rings. The van der Waals surface area contributed by atoms with Gasteiger partial charge in [0.05, 0.1) is 11.4 Å². The van der Waals surface area contributed by atoms with Crippen LogP contribution in [0.5, 0.6) is 0 Å². The minimum absolute atomic E-state index is 0.765. The molecule has 2 heteroatoms. The van der Waals surface area contributed by atoms with Gasteiger partial charge in [0.1, 0.15) is 0 Å². The monoisotopic (exact) mass is 198 g/mol. The molecule has 3 N–H and O–H groups in total. The van der Waals surface area contributed by atoms with Gasteiger partial charge >= 0.3 is 0 Å².